The molecule has 1 fully saturated rings. The summed E-state index contributed by atoms with van der Waals surface area (Å²) < 4.78 is 26.6. The Hall–Kier alpha value is -2.82. The molecule has 6 N–H and O–H groups in total. The van der Waals surface area contributed by atoms with Gasteiger partial charge in [0.1, 0.15) is 5.82 Å². The third-order valence-electron chi connectivity index (χ3n) is 4.57. The third-order valence-corrected chi connectivity index (χ3v) is 6.45. The number of anilines is 1. The lowest BCUT2D eigenvalue weighted by atomic mass is 10.1. The molecule has 2 aromatic rings. The highest BCUT2D eigenvalue weighted by Crippen LogP contribution is 2.21. The minimum atomic E-state index is -3.55. The molecule has 1 amide bonds. The molecule has 1 saturated heterocycles. The predicted octanol–water partition coefficient (Wildman–Crippen LogP) is 0.313. The van der Waals surface area contributed by atoms with Crippen LogP contribution in [0.3, 0.4) is 0 Å². The molecule has 2 heterocycles. The van der Waals surface area contributed by atoms with E-state index in [0.717, 1.165) is 11.8 Å². The van der Waals surface area contributed by atoms with Crippen molar-refractivity contribution < 1.29 is 13.2 Å². The average Bonchev–Trinajstić information content (AvgIpc) is 3.14. The summed E-state index contributed by atoms with van der Waals surface area (Å²) in [5, 5.41) is 10.00. The number of aromatic nitrogens is 1. The highest BCUT2D eigenvalue weighted by molar-refractivity contribution is 7.89. The number of benzene rings is 1. The molecule has 10 heteroatoms. The van der Waals surface area contributed by atoms with Crippen LogP contribution in [0.4, 0.5) is 5.82 Å². The van der Waals surface area contributed by atoms with Crippen molar-refractivity contribution in [2.45, 2.75) is 23.9 Å². The van der Waals surface area contributed by atoms with Gasteiger partial charge in [-0.3, -0.25) is 4.79 Å². The highest BCUT2D eigenvalue weighted by Gasteiger charge is 2.30. The fourth-order valence-corrected chi connectivity index (χ4v) is 4.43. The van der Waals surface area contributed by atoms with Gasteiger partial charge >= 0.3 is 0 Å². The van der Waals surface area contributed by atoms with E-state index < -0.39 is 10.0 Å². The number of nitrogens with one attached hydrogen (secondary N) is 2. The number of rotatable bonds is 6. The van der Waals surface area contributed by atoms with Crippen molar-refractivity contribution in [1.29, 1.82) is 5.41 Å². The number of nitrogen functional groups attached to an aromatic ring is 1. The Morgan fingerprint density at radius 2 is 2.07 bits per heavy atom. The number of carbonyl (C=O) groups excluding carboxylic acids is 1. The molecule has 0 radical (unpaired) electrons. The number of nitrogens with two attached hydrogens (primary N) is 2. The summed E-state index contributed by atoms with van der Waals surface area (Å²) in [6, 6.07) is 7.74. The zero-order valence-corrected chi connectivity index (χ0v) is 15.9. The molecule has 1 unspecified atom stereocenters. The second-order valence-electron chi connectivity index (χ2n) is 6.58. The molecule has 28 heavy (non-hydrogen) atoms. The van der Waals surface area contributed by atoms with Crippen molar-refractivity contribution in [3.05, 3.63) is 53.2 Å². The molecule has 148 valence electrons. The van der Waals surface area contributed by atoms with Crippen molar-refractivity contribution >= 4 is 28.0 Å². The lowest BCUT2D eigenvalue weighted by Gasteiger charge is -2.16. The number of carbonyl (C=O) groups is 1. The van der Waals surface area contributed by atoms with Crippen molar-refractivity contribution in [2.24, 2.45) is 5.73 Å². The minimum Gasteiger partial charge on any atom is -0.383 e. The Morgan fingerprint density at radius 1 is 1.36 bits per heavy atom. The standard InChI is InChI=1S/C18H22N6O3S/c19-8-13-7-14(10-22-17(13)21)18(25)23-9-12-1-3-16(4-2-12)28(26,27)24-6-5-15(20)11-24/h1-4,7-8,10,15,19H,5-6,9,11,20H2,(H2,21,22)(H,23,25). The van der Waals surface area contributed by atoms with E-state index in [1.54, 1.807) is 12.1 Å². The van der Waals surface area contributed by atoms with Crippen LogP contribution in [-0.2, 0) is 16.6 Å². The van der Waals surface area contributed by atoms with Gasteiger partial charge < -0.3 is 22.2 Å². The van der Waals surface area contributed by atoms with Crippen LogP contribution in [0, 0.1) is 5.41 Å². The fourth-order valence-electron chi connectivity index (χ4n) is 2.92. The second-order valence-corrected chi connectivity index (χ2v) is 8.52. The highest BCUT2D eigenvalue weighted by atomic mass is 32.2. The van der Waals surface area contributed by atoms with E-state index in [2.05, 4.69) is 10.3 Å². The van der Waals surface area contributed by atoms with Crippen LogP contribution < -0.4 is 16.8 Å². The van der Waals surface area contributed by atoms with Gasteiger partial charge in [0.2, 0.25) is 10.0 Å². The normalized spacial score (nSPS) is 17.4. The molecule has 1 aliphatic rings. The van der Waals surface area contributed by atoms with Gasteiger partial charge in [0, 0.05) is 43.7 Å². The Bertz CT molecular complexity index is 991. The molecule has 0 aliphatic carbocycles. The summed E-state index contributed by atoms with van der Waals surface area (Å²) in [6.45, 7) is 0.972. The Morgan fingerprint density at radius 3 is 2.68 bits per heavy atom. The fraction of sp³-hybridized carbons (Fsp3) is 0.278. The molecular formula is C18H22N6O3S. The van der Waals surface area contributed by atoms with Crippen molar-refractivity contribution in [1.82, 2.24) is 14.6 Å². The maximum Gasteiger partial charge on any atom is 0.253 e. The predicted molar refractivity (Wildman–Crippen MR) is 105 cm³/mol. The molecule has 1 aromatic carbocycles. The van der Waals surface area contributed by atoms with Crippen molar-refractivity contribution in [3.63, 3.8) is 0 Å². The zero-order chi connectivity index (χ0) is 20.3. The van der Waals surface area contributed by atoms with E-state index in [0.29, 0.717) is 25.1 Å². The van der Waals surface area contributed by atoms with Crippen LogP contribution in [0.25, 0.3) is 0 Å². The topological polar surface area (TPSA) is 155 Å². The van der Waals surface area contributed by atoms with Crippen LogP contribution in [0.15, 0.2) is 41.4 Å². The van der Waals surface area contributed by atoms with Crippen molar-refractivity contribution in [3.8, 4) is 0 Å². The van der Waals surface area contributed by atoms with Gasteiger partial charge in [-0.15, -0.1) is 0 Å². The number of hydrogen-bond donors (Lipinski definition) is 4. The molecule has 1 atom stereocenters. The molecule has 9 nitrogen and oxygen atoms in total. The van der Waals surface area contributed by atoms with Gasteiger partial charge in [0.15, 0.2) is 0 Å². The minimum absolute atomic E-state index is 0.125. The largest absolute Gasteiger partial charge is 0.383 e. The van der Waals surface area contributed by atoms with E-state index >= 15 is 0 Å². The number of pyridine rings is 1. The van der Waals surface area contributed by atoms with E-state index in [1.807, 2.05) is 0 Å². The quantitative estimate of drug-likeness (QED) is 0.510. The van der Waals surface area contributed by atoms with Crippen LogP contribution in [0.5, 0.6) is 0 Å². The summed E-state index contributed by atoms with van der Waals surface area (Å²) in [5.74, 6) is -0.180. The lowest BCUT2D eigenvalue weighted by Crippen LogP contribution is -2.32. The van der Waals surface area contributed by atoms with Gasteiger partial charge in [-0.25, -0.2) is 13.4 Å². The summed E-state index contributed by atoms with van der Waals surface area (Å²) in [4.78, 5) is 16.3. The molecule has 0 saturated carbocycles. The van der Waals surface area contributed by atoms with Crippen LogP contribution in [0.2, 0.25) is 0 Å². The van der Waals surface area contributed by atoms with Gasteiger partial charge in [-0.2, -0.15) is 4.31 Å². The smallest absolute Gasteiger partial charge is 0.253 e. The Kier molecular flexibility index (Phi) is 5.73. The van der Waals surface area contributed by atoms with E-state index in [4.69, 9.17) is 16.9 Å². The number of sulfonamides is 1. The van der Waals surface area contributed by atoms with Crippen LogP contribution >= 0.6 is 0 Å². The summed E-state index contributed by atoms with van der Waals surface area (Å²) in [6.07, 6.45) is 3.03. The van der Waals surface area contributed by atoms with E-state index in [-0.39, 0.29) is 34.8 Å². The summed E-state index contributed by atoms with van der Waals surface area (Å²) in [7, 11) is -3.55. The lowest BCUT2D eigenvalue weighted by molar-refractivity contribution is 0.0950. The maximum absolute atomic E-state index is 12.6. The zero-order valence-electron chi connectivity index (χ0n) is 15.1. The second kappa shape index (κ2) is 8.05. The third kappa shape index (κ3) is 4.19. The first-order valence-electron chi connectivity index (χ1n) is 8.70. The first-order valence-corrected chi connectivity index (χ1v) is 10.1. The number of hydrogen-bond acceptors (Lipinski definition) is 7. The molecule has 1 aliphatic heterocycles. The number of amides is 1. The van der Waals surface area contributed by atoms with E-state index in [9.17, 15) is 13.2 Å². The molecule has 1 aromatic heterocycles. The Balaban J connectivity index is 1.64. The van der Waals surface area contributed by atoms with Gasteiger partial charge in [-0.05, 0) is 30.2 Å². The molecular weight excluding hydrogens is 380 g/mol. The van der Waals surface area contributed by atoms with Crippen LogP contribution in [-0.4, -0.2) is 49.0 Å². The molecule has 0 bridgehead atoms. The van der Waals surface area contributed by atoms with Gasteiger partial charge in [0.25, 0.3) is 5.91 Å². The summed E-state index contributed by atoms with van der Waals surface area (Å²) in [5.41, 5.74) is 12.8. The van der Waals surface area contributed by atoms with Gasteiger partial charge in [-0.1, -0.05) is 12.1 Å². The summed E-state index contributed by atoms with van der Waals surface area (Å²) >= 11 is 0. The molecule has 0 spiro atoms. The average molecular weight is 402 g/mol. The SMILES string of the molecule is N=Cc1cc(C(=O)NCc2ccc(S(=O)(=O)N3CCC(N)C3)cc2)cnc1N. The molecule has 3 rings (SSSR count). The number of nitrogens with zero attached hydrogens (tertiary/aromatic N) is 2. The van der Waals surface area contributed by atoms with Gasteiger partial charge in [0.05, 0.1) is 10.5 Å². The van der Waals surface area contributed by atoms with Crippen LogP contribution in [0.1, 0.15) is 27.9 Å². The first-order chi connectivity index (χ1) is 13.3. The monoisotopic (exact) mass is 402 g/mol. The maximum atomic E-state index is 12.6. The first kappa shape index (κ1) is 19.9. The Labute approximate surface area is 163 Å². The van der Waals surface area contributed by atoms with E-state index in [1.165, 1.54) is 28.7 Å². The van der Waals surface area contributed by atoms with Crippen molar-refractivity contribution in [2.75, 3.05) is 18.8 Å².